The van der Waals surface area contributed by atoms with Crippen LogP contribution in [0.25, 0.3) is 10.8 Å². The Morgan fingerprint density at radius 1 is 0.950 bits per heavy atom. The van der Waals surface area contributed by atoms with Crippen molar-refractivity contribution in [2.75, 3.05) is 0 Å². The van der Waals surface area contributed by atoms with Crippen LogP contribution in [0.3, 0.4) is 0 Å². The molecule has 1 unspecified atom stereocenters. The summed E-state index contributed by atoms with van der Waals surface area (Å²) in [5.41, 5.74) is 10.2. The van der Waals surface area contributed by atoms with Crippen molar-refractivity contribution in [3.63, 3.8) is 0 Å². The van der Waals surface area contributed by atoms with Gasteiger partial charge in [0.05, 0.1) is 6.04 Å². The third-order valence-corrected chi connectivity index (χ3v) is 4.38. The van der Waals surface area contributed by atoms with Crippen LogP contribution >= 0.6 is 22.6 Å². The topological polar surface area (TPSA) is 26.0 Å². The number of rotatable bonds is 2. The molecule has 1 atom stereocenters. The first-order chi connectivity index (χ1) is 9.66. The molecule has 0 saturated heterocycles. The predicted octanol–water partition coefficient (Wildman–Crippen LogP) is 4.80. The van der Waals surface area contributed by atoms with Crippen molar-refractivity contribution in [3.8, 4) is 0 Å². The Bertz CT molecular complexity index is 764. The van der Waals surface area contributed by atoms with Gasteiger partial charge in [-0.1, -0.05) is 48.5 Å². The van der Waals surface area contributed by atoms with Crippen LogP contribution in [-0.4, -0.2) is 0 Å². The van der Waals surface area contributed by atoms with E-state index in [4.69, 9.17) is 5.73 Å². The summed E-state index contributed by atoms with van der Waals surface area (Å²) in [6.45, 7) is 2.13. The minimum Gasteiger partial charge on any atom is -0.320 e. The highest BCUT2D eigenvalue weighted by Crippen LogP contribution is 2.30. The fraction of sp³-hybridized carbons (Fsp3) is 0.111. The molecule has 0 aliphatic heterocycles. The lowest BCUT2D eigenvalue weighted by molar-refractivity contribution is 0.870. The average Bonchev–Trinajstić information content (AvgIpc) is 2.46. The van der Waals surface area contributed by atoms with Crippen molar-refractivity contribution in [2.45, 2.75) is 13.0 Å². The molecule has 3 aromatic rings. The molecule has 0 spiro atoms. The van der Waals surface area contributed by atoms with E-state index in [9.17, 15) is 0 Å². The molecule has 1 nitrogen and oxygen atoms in total. The normalized spacial score (nSPS) is 12.6. The molecule has 0 aliphatic carbocycles. The molecule has 100 valence electrons. The van der Waals surface area contributed by atoms with Gasteiger partial charge in [0.2, 0.25) is 0 Å². The first kappa shape index (κ1) is 13.6. The number of halogens is 1. The van der Waals surface area contributed by atoms with Crippen molar-refractivity contribution in [2.24, 2.45) is 5.73 Å². The fourth-order valence-corrected chi connectivity index (χ4v) is 3.25. The summed E-state index contributed by atoms with van der Waals surface area (Å²) in [7, 11) is 0. The SMILES string of the molecule is Cc1ccc2ccccc2c1C(N)c1cccc(I)c1. The van der Waals surface area contributed by atoms with E-state index in [1.165, 1.54) is 25.5 Å². The van der Waals surface area contributed by atoms with E-state index < -0.39 is 0 Å². The highest BCUT2D eigenvalue weighted by molar-refractivity contribution is 14.1. The van der Waals surface area contributed by atoms with E-state index in [1.54, 1.807) is 0 Å². The van der Waals surface area contributed by atoms with Crippen LogP contribution in [0.1, 0.15) is 22.7 Å². The van der Waals surface area contributed by atoms with Crippen molar-refractivity contribution < 1.29 is 0 Å². The Morgan fingerprint density at radius 3 is 2.55 bits per heavy atom. The van der Waals surface area contributed by atoms with E-state index in [0.717, 1.165) is 5.56 Å². The Morgan fingerprint density at radius 2 is 1.75 bits per heavy atom. The van der Waals surface area contributed by atoms with Crippen LogP contribution in [0, 0.1) is 10.5 Å². The Kier molecular flexibility index (Phi) is 3.76. The van der Waals surface area contributed by atoms with Crippen LogP contribution in [0.15, 0.2) is 60.7 Å². The quantitative estimate of drug-likeness (QED) is 0.642. The minimum absolute atomic E-state index is 0.0872. The van der Waals surface area contributed by atoms with Crippen LogP contribution in [-0.2, 0) is 0 Å². The number of aryl methyl sites for hydroxylation is 1. The first-order valence-electron chi connectivity index (χ1n) is 6.66. The molecule has 20 heavy (non-hydrogen) atoms. The zero-order chi connectivity index (χ0) is 14.1. The molecular formula is C18H16IN. The zero-order valence-corrected chi connectivity index (χ0v) is 13.5. The third kappa shape index (κ3) is 2.45. The minimum atomic E-state index is -0.0872. The number of hydrogen-bond donors (Lipinski definition) is 1. The van der Waals surface area contributed by atoms with Gasteiger partial charge < -0.3 is 5.73 Å². The molecule has 2 heteroatoms. The van der Waals surface area contributed by atoms with E-state index in [1.807, 2.05) is 0 Å². The molecule has 0 amide bonds. The van der Waals surface area contributed by atoms with Gasteiger partial charge in [-0.05, 0) is 69.1 Å². The summed E-state index contributed by atoms with van der Waals surface area (Å²) >= 11 is 2.33. The maximum atomic E-state index is 6.55. The third-order valence-electron chi connectivity index (χ3n) is 3.71. The van der Waals surface area contributed by atoms with Crippen molar-refractivity contribution in [3.05, 3.63) is 80.9 Å². The highest BCUT2D eigenvalue weighted by Gasteiger charge is 2.14. The average molecular weight is 373 g/mol. The van der Waals surface area contributed by atoms with Crippen LogP contribution in [0.5, 0.6) is 0 Å². The lowest BCUT2D eigenvalue weighted by Crippen LogP contribution is -2.14. The summed E-state index contributed by atoms with van der Waals surface area (Å²) in [6, 6.07) is 21.1. The van der Waals surface area contributed by atoms with Gasteiger partial charge in [-0.15, -0.1) is 0 Å². The second-order valence-corrected chi connectivity index (χ2v) is 6.30. The van der Waals surface area contributed by atoms with E-state index >= 15 is 0 Å². The van der Waals surface area contributed by atoms with Crippen molar-refractivity contribution in [1.29, 1.82) is 0 Å². The summed E-state index contributed by atoms with van der Waals surface area (Å²) in [5.74, 6) is 0. The second kappa shape index (κ2) is 5.54. The molecule has 0 aliphatic rings. The zero-order valence-electron chi connectivity index (χ0n) is 11.3. The summed E-state index contributed by atoms with van der Waals surface area (Å²) in [5, 5.41) is 2.49. The van der Waals surface area contributed by atoms with Gasteiger partial charge in [0, 0.05) is 3.57 Å². The molecule has 0 saturated carbocycles. The molecule has 0 aromatic heterocycles. The van der Waals surface area contributed by atoms with Crippen LogP contribution in [0.2, 0.25) is 0 Å². The van der Waals surface area contributed by atoms with Gasteiger partial charge in [-0.3, -0.25) is 0 Å². The molecule has 0 heterocycles. The Balaban J connectivity index is 2.21. The second-order valence-electron chi connectivity index (χ2n) is 5.05. The van der Waals surface area contributed by atoms with Crippen molar-refractivity contribution in [1.82, 2.24) is 0 Å². The van der Waals surface area contributed by atoms with Gasteiger partial charge in [-0.2, -0.15) is 0 Å². The molecule has 2 N–H and O–H groups in total. The van der Waals surface area contributed by atoms with Crippen molar-refractivity contribution >= 4 is 33.4 Å². The van der Waals surface area contributed by atoms with E-state index in [0.29, 0.717) is 0 Å². The van der Waals surface area contributed by atoms with Crippen LogP contribution < -0.4 is 5.73 Å². The van der Waals surface area contributed by atoms with Gasteiger partial charge in [0.15, 0.2) is 0 Å². The maximum absolute atomic E-state index is 6.55. The molecule has 3 rings (SSSR count). The van der Waals surface area contributed by atoms with Gasteiger partial charge in [0.1, 0.15) is 0 Å². The highest BCUT2D eigenvalue weighted by atomic mass is 127. The fourth-order valence-electron chi connectivity index (χ4n) is 2.68. The molecule has 0 bridgehead atoms. The largest absolute Gasteiger partial charge is 0.320 e. The lowest BCUT2D eigenvalue weighted by atomic mass is 9.91. The molecule has 0 fully saturated rings. The number of benzene rings is 3. The Hall–Kier alpha value is -1.39. The standard InChI is InChI=1S/C18H16IN/c1-12-9-10-13-5-2-3-8-16(13)17(12)18(20)14-6-4-7-15(19)11-14/h2-11,18H,20H2,1H3. The molecule has 0 radical (unpaired) electrons. The summed E-state index contributed by atoms with van der Waals surface area (Å²) < 4.78 is 1.22. The number of nitrogens with two attached hydrogens (primary N) is 1. The van der Waals surface area contributed by atoms with E-state index in [-0.39, 0.29) is 6.04 Å². The summed E-state index contributed by atoms with van der Waals surface area (Å²) in [4.78, 5) is 0. The predicted molar refractivity (Wildman–Crippen MR) is 93.9 cm³/mol. The summed E-state index contributed by atoms with van der Waals surface area (Å²) in [6.07, 6.45) is 0. The Labute approximate surface area is 133 Å². The smallest absolute Gasteiger partial charge is 0.0560 e. The monoisotopic (exact) mass is 373 g/mol. The van der Waals surface area contributed by atoms with Crippen LogP contribution in [0.4, 0.5) is 0 Å². The lowest BCUT2D eigenvalue weighted by Gasteiger charge is -2.18. The van der Waals surface area contributed by atoms with Gasteiger partial charge >= 0.3 is 0 Å². The maximum Gasteiger partial charge on any atom is 0.0560 e. The van der Waals surface area contributed by atoms with Gasteiger partial charge in [0.25, 0.3) is 0 Å². The number of fused-ring (bicyclic) bond motifs is 1. The van der Waals surface area contributed by atoms with Gasteiger partial charge in [-0.25, -0.2) is 0 Å². The van der Waals surface area contributed by atoms with E-state index in [2.05, 4.69) is 90.2 Å². The number of hydrogen-bond acceptors (Lipinski definition) is 1. The first-order valence-corrected chi connectivity index (χ1v) is 7.74. The molecular weight excluding hydrogens is 357 g/mol. The molecule has 3 aromatic carbocycles.